The Hall–Kier alpha value is -4.19. The van der Waals surface area contributed by atoms with Crippen molar-refractivity contribution in [3.05, 3.63) is 104 Å². The SMILES string of the molecule is CCOC(=O)c1c(NC(=O)CSc2cccc(NC(=O)/C(=C/c3ccsc3)NC(=O)c3ccccc3)c2)sc2c1CCC(C)C2. The molecule has 3 amide bonds. The number of hydrogen-bond acceptors (Lipinski definition) is 8. The molecule has 1 aliphatic rings. The van der Waals surface area contributed by atoms with Gasteiger partial charge >= 0.3 is 5.97 Å². The van der Waals surface area contributed by atoms with Crippen LogP contribution in [0.15, 0.2) is 82.0 Å². The summed E-state index contributed by atoms with van der Waals surface area (Å²) in [5, 5.41) is 12.9. The standard InChI is InChI=1S/C34H33N3O5S3/c1-3-42-34(41)30-26-13-12-21(2)16-28(26)45-33(30)37-29(38)20-44-25-11-7-10-24(18-25)35-32(40)27(17-22-14-15-43-19-22)36-31(39)23-8-5-4-6-9-23/h4-11,14-15,17-19,21H,3,12-13,16,20H2,1-2H3,(H,35,40)(H,36,39)(H,37,38)/b27-17-. The van der Waals surface area contributed by atoms with Crippen LogP contribution in [-0.2, 0) is 27.2 Å². The Morgan fingerprint density at radius 3 is 2.62 bits per heavy atom. The highest BCUT2D eigenvalue weighted by Gasteiger charge is 2.29. The number of thioether (sulfide) groups is 1. The van der Waals surface area contributed by atoms with Crippen molar-refractivity contribution in [3.63, 3.8) is 0 Å². The second-order valence-corrected chi connectivity index (χ2v) is 13.5. The van der Waals surface area contributed by atoms with Gasteiger partial charge in [-0.25, -0.2) is 4.79 Å². The van der Waals surface area contributed by atoms with Gasteiger partial charge in [0.05, 0.1) is 17.9 Å². The summed E-state index contributed by atoms with van der Waals surface area (Å²) in [6.45, 7) is 4.23. The molecule has 0 saturated carbocycles. The summed E-state index contributed by atoms with van der Waals surface area (Å²) < 4.78 is 5.32. The van der Waals surface area contributed by atoms with Gasteiger partial charge < -0.3 is 20.7 Å². The van der Waals surface area contributed by atoms with Crippen molar-refractivity contribution in [2.75, 3.05) is 23.0 Å². The first-order valence-corrected chi connectivity index (χ1v) is 17.3. The number of fused-ring (bicyclic) bond motifs is 1. The fourth-order valence-electron chi connectivity index (χ4n) is 4.90. The number of thiophene rings is 2. The van der Waals surface area contributed by atoms with Crippen LogP contribution in [0.2, 0.25) is 0 Å². The van der Waals surface area contributed by atoms with Gasteiger partial charge in [-0.2, -0.15) is 11.3 Å². The molecule has 5 rings (SSSR count). The molecule has 1 unspecified atom stereocenters. The van der Waals surface area contributed by atoms with Crippen LogP contribution in [-0.4, -0.2) is 36.1 Å². The highest BCUT2D eigenvalue weighted by molar-refractivity contribution is 8.00. The number of nitrogens with one attached hydrogen (secondary N) is 3. The average molecular weight is 660 g/mol. The van der Waals surface area contributed by atoms with E-state index < -0.39 is 17.8 Å². The van der Waals surface area contributed by atoms with Crippen molar-refractivity contribution >= 4 is 74.9 Å². The van der Waals surface area contributed by atoms with Crippen LogP contribution in [0.4, 0.5) is 10.7 Å². The zero-order chi connectivity index (χ0) is 31.8. The van der Waals surface area contributed by atoms with Gasteiger partial charge in [0, 0.05) is 21.0 Å². The van der Waals surface area contributed by atoms with E-state index in [4.69, 9.17) is 4.74 Å². The van der Waals surface area contributed by atoms with Gasteiger partial charge in [-0.05, 0) is 96.5 Å². The Morgan fingerprint density at radius 1 is 1.04 bits per heavy atom. The number of esters is 1. The first kappa shape index (κ1) is 32.2. The van der Waals surface area contributed by atoms with E-state index in [-0.39, 0.29) is 24.0 Å². The Kier molecular flexibility index (Phi) is 10.9. The summed E-state index contributed by atoms with van der Waals surface area (Å²) in [6.07, 6.45) is 4.31. The molecule has 0 aliphatic heterocycles. The zero-order valence-electron chi connectivity index (χ0n) is 24.9. The molecule has 2 aromatic heterocycles. The van der Waals surface area contributed by atoms with Gasteiger partial charge in [0.25, 0.3) is 11.8 Å². The topological polar surface area (TPSA) is 114 Å². The number of ether oxygens (including phenoxy) is 1. The van der Waals surface area contributed by atoms with Crippen molar-refractivity contribution in [3.8, 4) is 0 Å². The molecule has 0 bridgehead atoms. The third-order valence-corrected chi connectivity index (χ3v) is 9.95. The van der Waals surface area contributed by atoms with E-state index in [0.29, 0.717) is 27.7 Å². The first-order valence-electron chi connectivity index (χ1n) is 14.6. The molecule has 2 aromatic carbocycles. The number of rotatable bonds is 11. The van der Waals surface area contributed by atoms with Gasteiger partial charge in [0.15, 0.2) is 0 Å². The maximum absolute atomic E-state index is 13.3. The maximum atomic E-state index is 13.3. The maximum Gasteiger partial charge on any atom is 0.341 e. The van der Waals surface area contributed by atoms with Crippen molar-refractivity contribution in [1.82, 2.24) is 5.32 Å². The lowest BCUT2D eigenvalue weighted by Gasteiger charge is -2.18. The Bertz CT molecular complexity index is 1710. The fourth-order valence-corrected chi connectivity index (χ4v) is 7.69. The van der Waals surface area contributed by atoms with Crippen molar-refractivity contribution < 1.29 is 23.9 Å². The van der Waals surface area contributed by atoms with Gasteiger partial charge in [-0.3, -0.25) is 14.4 Å². The number of carbonyl (C=O) groups excluding carboxylic acids is 4. The molecule has 1 atom stereocenters. The van der Waals surface area contributed by atoms with E-state index in [0.717, 1.165) is 40.2 Å². The fraction of sp³-hybridized carbons (Fsp3) is 0.235. The Labute approximate surface area is 274 Å². The van der Waals surface area contributed by atoms with E-state index >= 15 is 0 Å². The van der Waals surface area contributed by atoms with Gasteiger partial charge in [0.2, 0.25) is 5.91 Å². The van der Waals surface area contributed by atoms with E-state index in [9.17, 15) is 19.2 Å². The predicted octanol–water partition coefficient (Wildman–Crippen LogP) is 7.25. The second kappa shape index (κ2) is 15.2. The Balaban J connectivity index is 1.24. The molecule has 11 heteroatoms. The third kappa shape index (κ3) is 8.50. The van der Waals surface area contributed by atoms with Crippen LogP contribution in [0, 0.1) is 5.92 Å². The summed E-state index contributed by atoms with van der Waals surface area (Å²) in [6, 6.07) is 17.7. The molecule has 232 valence electrons. The number of anilines is 2. The normalized spacial score (nSPS) is 14.3. The Morgan fingerprint density at radius 2 is 1.87 bits per heavy atom. The van der Waals surface area contributed by atoms with Crippen LogP contribution in [0.5, 0.6) is 0 Å². The smallest absolute Gasteiger partial charge is 0.341 e. The molecule has 0 fully saturated rings. The molecule has 1 aliphatic carbocycles. The average Bonchev–Trinajstić information content (AvgIpc) is 3.67. The lowest BCUT2D eigenvalue weighted by molar-refractivity contribution is -0.114. The number of benzene rings is 2. The summed E-state index contributed by atoms with van der Waals surface area (Å²) in [5.41, 5.74) is 3.32. The highest BCUT2D eigenvalue weighted by Crippen LogP contribution is 2.40. The minimum absolute atomic E-state index is 0.102. The van der Waals surface area contributed by atoms with Gasteiger partial charge in [-0.1, -0.05) is 31.2 Å². The molecule has 0 radical (unpaired) electrons. The molecular formula is C34H33N3O5S3. The van der Waals surface area contributed by atoms with Crippen LogP contribution >= 0.6 is 34.4 Å². The molecule has 45 heavy (non-hydrogen) atoms. The zero-order valence-corrected chi connectivity index (χ0v) is 27.3. The third-order valence-electron chi connectivity index (χ3n) is 7.09. The highest BCUT2D eigenvalue weighted by atomic mass is 32.2. The summed E-state index contributed by atoms with van der Waals surface area (Å²) in [5.74, 6) is -0.877. The summed E-state index contributed by atoms with van der Waals surface area (Å²) >= 11 is 4.26. The van der Waals surface area contributed by atoms with E-state index in [1.807, 2.05) is 29.0 Å². The lowest BCUT2D eigenvalue weighted by Crippen LogP contribution is -2.30. The summed E-state index contributed by atoms with van der Waals surface area (Å²) in [4.78, 5) is 53.9. The van der Waals surface area contributed by atoms with Crippen LogP contribution in [0.25, 0.3) is 6.08 Å². The van der Waals surface area contributed by atoms with Crippen LogP contribution < -0.4 is 16.0 Å². The molecule has 8 nitrogen and oxygen atoms in total. The number of carbonyl (C=O) groups is 4. The molecule has 4 aromatic rings. The van der Waals surface area contributed by atoms with E-state index in [1.54, 1.807) is 55.5 Å². The molecule has 2 heterocycles. The van der Waals surface area contributed by atoms with Crippen LogP contribution in [0.3, 0.4) is 0 Å². The number of amides is 3. The minimum atomic E-state index is -0.479. The van der Waals surface area contributed by atoms with Gasteiger partial charge in [-0.15, -0.1) is 23.1 Å². The van der Waals surface area contributed by atoms with E-state index in [2.05, 4.69) is 22.9 Å². The van der Waals surface area contributed by atoms with Crippen molar-refractivity contribution in [1.29, 1.82) is 0 Å². The monoisotopic (exact) mass is 659 g/mol. The second-order valence-electron chi connectivity index (χ2n) is 10.5. The molecule has 0 spiro atoms. The molecular weight excluding hydrogens is 627 g/mol. The molecule has 3 N–H and O–H groups in total. The first-order chi connectivity index (χ1) is 21.8. The van der Waals surface area contributed by atoms with Gasteiger partial charge in [0.1, 0.15) is 10.7 Å². The minimum Gasteiger partial charge on any atom is -0.462 e. The predicted molar refractivity (Wildman–Crippen MR) is 182 cm³/mol. The van der Waals surface area contributed by atoms with Crippen molar-refractivity contribution in [2.45, 2.75) is 38.0 Å². The summed E-state index contributed by atoms with van der Waals surface area (Å²) in [7, 11) is 0. The molecule has 0 saturated heterocycles. The van der Waals surface area contributed by atoms with Crippen molar-refractivity contribution in [2.24, 2.45) is 5.92 Å². The van der Waals surface area contributed by atoms with Crippen LogP contribution in [0.1, 0.15) is 57.0 Å². The van der Waals surface area contributed by atoms with E-state index in [1.165, 1.54) is 34.4 Å². The largest absolute Gasteiger partial charge is 0.462 e. The lowest BCUT2D eigenvalue weighted by atomic mass is 9.88. The quantitative estimate of drug-likeness (QED) is 0.0888. The number of hydrogen-bond donors (Lipinski definition) is 3.